The van der Waals surface area contributed by atoms with Crippen molar-refractivity contribution in [2.24, 2.45) is 10.5 Å². The third-order valence-corrected chi connectivity index (χ3v) is 6.91. The van der Waals surface area contributed by atoms with Crippen LogP contribution in [0.3, 0.4) is 0 Å². The van der Waals surface area contributed by atoms with Crippen LogP contribution >= 0.6 is 0 Å². The van der Waals surface area contributed by atoms with E-state index >= 15 is 0 Å². The van der Waals surface area contributed by atoms with E-state index in [1.54, 1.807) is 15.7 Å². The van der Waals surface area contributed by atoms with Gasteiger partial charge in [0.1, 0.15) is 5.56 Å². The highest BCUT2D eigenvalue weighted by Crippen LogP contribution is 2.45. The number of aryl methyl sites for hydroxylation is 2. The second-order valence-corrected chi connectivity index (χ2v) is 9.02. The fourth-order valence-electron chi connectivity index (χ4n) is 5.19. The number of fused-ring (bicyclic) bond motifs is 1. The first-order valence-corrected chi connectivity index (χ1v) is 11.5. The van der Waals surface area contributed by atoms with E-state index in [-0.39, 0.29) is 17.9 Å². The Bertz CT molecular complexity index is 1250. The number of nitrogens with zero attached hydrogens (tertiary/aromatic N) is 5. The number of carbonyl (C=O) groups excluding carboxylic acids is 2. The molecule has 0 unspecified atom stereocenters. The molecule has 0 radical (unpaired) electrons. The smallest absolute Gasteiger partial charge is 0.259 e. The zero-order valence-corrected chi connectivity index (χ0v) is 19.2. The molecule has 1 aliphatic heterocycles. The monoisotopic (exact) mass is 444 g/mol. The number of hydrazone groups is 1. The maximum absolute atomic E-state index is 13.5. The topological polar surface area (TPSA) is 92.0 Å². The summed E-state index contributed by atoms with van der Waals surface area (Å²) in [6.07, 6.45) is 5.12. The number of carbonyl (C=O) groups is 2. The predicted octanol–water partition coefficient (Wildman–Crippen LogP) is 3.82. The van der Waals surface area contributed by atoms with Crippen molar-refractivity contribution < 1.29 is 9.59 Å². The summed E-state index contributed by atoms with van der Waals surface area (Å²) in [5.41, 5.74) is 4.01. The van der Waals surface area contributed by atoms with Crippen molar-refractivity contribution in [3.8, 4) is 0 Å². The fraction of sp³-hybridized carbons (Fsp3) is 0.400. The van der Waals surface area contributed by atoms with E-state index in [0.29, 0.717) is 24.1 Å². The van der Waals surface area contributed by atoms with E-state index < -0.39 is 5.41 Å². The van der Waals surface area contributed by atoms with Gasteiger partial charge in [-0.1, -0.05) is 25.1 Å². The van der Waals surface area contributed by atoms with Crippen LogP contribution in [-0.4, -0.2) is 38.2 Å². The van der Waals surface area contributed by atoms with Gasteiger partial charge in [0.05, 0.1) is 23.0 Å². The number of aromatic nitrogens is 3. The van der Waals surface area contributed by atoms with Crippen LogP contribution in [0, 0.1) is 19.3 Å². The van der Waals surface area contributed by atoms with E-state index in [1.165, 1.54) is 0 Å². The van der Waals surface area contributed by atoms with Gasteiger partial charge in [-0.3, -0.25) is 9.59 Å². The molecule has 1 aliphatic carbocycles. The molecule has 1 fully saturated rings. The van der Waals surface area contributed by atoms with Crippen LogP contribution in [0.5, 0.6) is 0 Å². The molecular weight excluding hydrogens is 416 g/mol. The normalized spacial score (nSPS) is 22.8. The van der Waals surface area contributed by atoms with Gasteiger partial charge in [0, 0.05) is 17.4 Å². The van der Waals surface area contributed by atoms with Crippen molar-refractivity contribution in [3.05, 3.63) is 59.5 Å². The molecule has 3 aromatic rings. The van der Waals surface area contributed by atoms with Gasteiger partial charge in [-0.25, -0.2) is 9.50 Å². The van der Waals surface area contributed by atoms with E-state index in [9.17, 15) is 9.59 Å². The van der Waals surface area contributed by atoms with Gasteiger partial charge in [0.2, 0.25) is 0 Å². The van der Waals surface area contributed by atoms with E-state index in [4.69, 9.17) is 5.10 Å². The molecule has 1 spiro atoms. The highest BCUT2D eigenvalue weighted by Gasteiger charge is 2.52. The van der Waals surface area contributed by atoms with Crippen LogP contribution in [0.15, 0.2) is 47.7 Å². The summed E-state index contributed by atoms with van der Waals surface area (Å²) in [5, 5.41) is 13.7. The maximum atomic E-state index is 13.5. The van der Waals surface area contributed by atoms with Crippen molar-refractivity contribution in [3.63, 3.8) is 0 Å². The summed E-state index contributed by atoms with van der Waals surface area (Å²) in [7, 11) is 0. The van der Waals surface area contributed by atoms with Crippen molar-refractivity contribution in [1.29, 1.82) is 0 Å². The van der Waals surface area contributed by atoms with Crippen LogP contribution < -0.4 is 10.3 Å². The molecule has 33 heavy (non-hydrogen) atoms. The quantitative estimate of drug-likeness (QED) is 0.662. The molecule has 1 saturated carbocycles. The van der Waals surface area contributed by atoms with Crippen LogP contribution in [0.1, 0.15) is 60.8 Å². The van der Waals surface area contributed by atoms with E-state index in [0.717, 1.165) is 42.0 Å². The van der Waals surface area contributed by atoms with Crippen LogP contribution in [0.4, 0.5) is 5.69 Å². The number of hydrogen-bond acceptors (Lipinski definition) is 5. The van der Waals surface area contributed by atoms with Crippen LogP contribution in [0.25, 0.3) is 5.65 Å². The summed E-state index contributed by atoms with van der Waals surface area (Å²) in [6, 6.07) is 11.5. The van der Waals surface area contributed by atoms with Crippen LogP contribution in [0.2, 0.25) is 0 Å². The Morgan fingerprint density at radius 2 is 1.91 bits per heavy atom. The Morgan fingerprint density at radius 1 is 1.18 bits per heavy atom. The number of benzene rings is 1. The largest absolute Gasteiger partial charge is 0.349 e. The van der Waals surface area contributed by atoms with Gasteiger partial charge in [-0.05, 0) is 64.2 Å². The van der Waals surface area contributed by atoms with Gasteiger partial charge in [0.15, 0.2) is 5.65 Å². The van der Waals surface area contributed by atoms with Gasteiger partial charge >= 0.3 is 0 Å². The summed E-state index contributed by atoms with van der Waals surface area (Å²) in [5.74, 6) is -0.121. The lowest BCUT2D eigenvalue weighted by atomic mass is 9.68. The first kappa shape index (κ1) is 21.3. The molecule has 8 heteroatoms. The summed E-state index contributed by atoms with van der Waals surface area (Å²) in [4.78, 5) is 31.0. The van der Waals surface area contributed by atoms with Crippen molar-refractivity contribution in [2.75, 3.05) is 5.01 Å². The number of para-hydroxylation sites is 1. The average Bonchev–Trinajstić information content (AvgIpc) is 3.36. The number of anilines is 1. The molecule has 2 aliphatic rings. The zero-order valence-electron chi connectivity index (χ0n) is 19.2. The van der Waals surface area contributed by atoms with Gasteiger partial charge < -0.3 is 5.32 Å². The molecule has 5 rings (SSSR count). The number of rotatable bonds is 4. The maximum Gasteiger partial charge on any atom is 0.259 e. The first-order chi connectivity index (χ1) is 15.9. The lowest BCUT2D eigenvalue weighted by Gasteiger charge is -2.36. The lowest BCUT2D eigenvalue weighted by molar-refractivity contribution is -0.125. The number of nitrogens with one attached hydrogen (secondary N) is 1. The molecule has 1 aromatic carbocycles. The molecule has 1 N–H and O–H groups in total. The third-order valence-electron chi connectivity index (χ3n) is 6.91. The summed E-state index contributed by atoms with van der Waals surface area (Å²) < 4.78 is 1.69. The molecule has 2 amide bonds. The van der Waals surface area contributed by atoms with Crippen molar-refractivity contribution >= 4 is 28.9 Å². The Labute approximate surface area is 192 Å². The minimum absolute atomic E-state index is 0.000613. The minimum atomic E-state index is -0.563. The Morgan fingerprint density at radius 3 is 2.61 bits per heavy atom. The van der Waals surface area contributed by atoms with Gasteiger partial charge in [0.25, 0.3) is 11.8 Å². The second kappa shape index (κ2) is 8.10. The Hall–Kier alpha value is -3.55. The molecule has 0 saturated heterocycles. The van der Waals surface area contributed by atoms with E-state index in [2.05, 4.69) is 22.3 Å². The molecule has 3 heterocycles. The standard InChI is InChI=1S/C25H28N6O2/c1-4-21-25(24(33)31(29-21)19-8-6-5-7-9-19)12-10-18(11-13-25)28-23(32)20-15-26-30-17(3)14-16(2)27-22(20)30/h5-9,14-15,18H,4,10-13H2,1-3H3,(H,28,32). The molecule has 8 nitrogen and oxygen atoms in total. The summed E-state index contributed by atoms with van der Waals surface area (Å²) in [6.45, 7) is 5.91. The SMILES string of the molecule is CCC1=NN(c2ccccc2)C(=O)C12CCC(NC(=O)c1cnn3c(C)cc(C)nc13)CC2. The summed E-state index contributed by atoms with van der Waals surface area (Å²) >= 11 is 0. The van der Waals surface area contributed by atoms with Gasteiger partial charge in [-0.15, -0.1) is 0 Å². The number of amides is 2. The molecule has 0 bridgehead atoms. The Balaban J connectivity index is 1.31. The number of hydrogen-bond donors (Lipinski definition) is 1. The molecule has 0 atom stereocenters. The van der Waals surface area contributed by atoms with Crippen molar-refractivity contribution in [1.82, 2.24) is 19.9 Å². The average molecular weight is 445 g/mol. The fourth-order valence-corrected chi connectivity index (χ4v) is 5.19. The highest BCUT2D eigenvalue weighted by atomic mass is 16.2. The lowest BCUT2D eigenvalue weighted by Crippen LogP contribution is -2.47. The first-order valence-electron chi connectivity index (χ1n) is 11.5. The minimum Gasteiger partial charge on any atom is -0.349 e. The molecular formula is C25H28N6O2. The van der Waals surface area contributed by atoms with Gasteiger partial charge in [-0.2, -0.15) is 15.2 Å². The molecule has 170 valence electrons. The van der Waals surface area contributed by atoms with Crippen molar-refractivity contribution in [2.45, 2.75) is 58.9 Å². The molecule has 2 aromatic heterocycles. The zero-order chi connectivity index (χ0) is 23.2. The third kappa shape index (κ3) is 3.50. The van der Waals surface area contributed by atoms with Crippen LogP contribution in [-0.2, 0) is 4.79 Å². The van der Waals surface area contributed by atoms with E-state index in [1.807, 2.05) is 50.2 Å². The Kier molecular flexibility index (Phi) is 5.23. The second-order valence-electron chi connectivity index (χ2n) is 9.02. The highest BCUT2D eigenvalue weighted by molar-refractivity contribution is 6.19. The predicted molar refractivity (Wildman–Crippen MR) is 126 cm³/mol.